The van der Waals surface area contributed by atoms with Crippen molar-refractivity contribution in [3.05, 3.63) is 35.2 Å². The van der Waals surface area contributed by atoms with E-state index in [1.54, 1.807) is 11.3 Å². The predicted molar refractivity (Wildman–Crippen MR) is 75.8 cm³/mol. The molecule has 92 valence electrons. The minimum atomic E-state index is 0.429. The van der Waals surface area contributed by atoms with E-state index in [4.69, 9.17) is 10.2 Å². The first-order valence-corrected chi connectivity index (χ1v) is 6.77. The van der Waals surface area contributed by atoms with Gasteiger partial charge in [-0.1, -0.05) is 19.9 Å². The van der Waals surface area contributed by atoms with Crippen molar-refractivity contribution < 1.29 is 4.42 Å². The van der Waals surface area contributed by atoms with E-state index in [1.165, 1.54) is 5.56 Å². The van der Waals surface area contributed by atoms with Crippen LogP contribution < -0.4 is 5.73 Å². The van der Waals surface area contributed by atoms with E-state index in [0.717, 1.165) is 10.4 Å². The van der Waals surface area contributed by atoms with Crippen LogP contribution in [0.1, 0.15) is 25.3 Å². The molecule has 0 bridgehead atoms. The second-order valence-electron chi connectivity index (χ2n) is 4.61. The Hall–Kier alpha value is -1.81. The summed E-state index contributed by atoms with van der Waals surface area (Å²) in [5.74, 6) is 1.08. The second-order valence-corrected chi connectivity index (χ2v) is 5.56. The van der Waals surface area contributed by atoms with Gasteiger partial charge in [-0.25, -0.2) is 4.98 Å². The van der Waals surface area contributed by atoms with Crippen LogP contribution in [0.15, 0.2) is 34.1 Å². The summed E-state index contributed by atoms with van der Waals surface area (Å²) in [6.07, 6.45) is 0. The van der Waals surface area contributed by atoms with Crippen LogP contribution in [0.2, 0.25) is 0 Å². The highest BCUT2D eigenvalue weighted by molar-refractivity contribution is 7.13. The molecule has 0 saturated carbocycles. The van der Waals surface area contributed by atoms with Crippen molar-refractivity contribution in [1.29, 1.82) is 0 Å². The zero-order valence-electron chi connectivity index (χ0n) is 10.3. The lowest BCUT2D eigenvalue weighted by atomic mass is 10.0. The highest BCUT2D eigenvalue weighted by Gasteiger charge is 2.13. The Morgan fingerprint density at radius 1 is 1.33 bits per heavy atom. The van der Waals surface area contributed by atoms with Gasteiger partial charge in [0.05, 0.1) is 10.6 Å². The largest absolute Gasteiger partial charge is 0.433 e. The molecule has 1 aromatic carbocycles. The maximum absolute atomic E-state index is 6.03. The van der Waals surface area contributed by atoms with E-state index in [-0.39, 0.29) is 0 Å². The van der Waals surface area contributed by atoms with E-state index in [1.807, 2.05) is 23.6 Å². The Labute approximate surface area is 109 Å². The maximum Gasteiger partial charge on any atom is 0.237 e. The third-order valence-corrected chi connectivity index (χ3v) is 3.80. The summed E-state index contributed by atoms with van der Waals surface area (Å²) < 4.78 is 5.75. The number of oxazole rings is 1. The van der Waals surface area contributed by atoms with Gasteiger partial charge >= 0.3 is 0 Å². The predicted octanol–water partition coefficient (Wildman–Crippen LogP) is 4.26. The molecule has 0 saturated heterocycles. The third kappa shape index (κ3) is 1.78. The van der Waals surface area contributed by atoms with Crippen molar-refractivity contribution in [2.75, 3.05) is 5.73 Å². The fraction of sp³-hybridized carbons (Fsp3) is 0.214. The van der Waals surface area contributed by atoms with Gasteiger partial charge in [-0.05, 0) is 35.1 Å². The van der Waals surface area contributed by atoms with Gasteiger partial charge in [0.2, 0.25) is 5.89 Å². The molecule has 0 aliphatic rings. The third-order valence-electron chi connectivity index (χ3n) is 2.94. The van der Waals surface area contributed by atoms with Crippen LogP contribution in [0.3, 0.4) is 0 Å². The first kappa shape index (κ1) is 11.3. The molecule has 0 aliphatic carbocycles. The molecule has 0 atom stereocenters. The van der Waals surface area contributed by atoms with Gasteiger partial charge in [-0.15, -0.1) is 11.3 Å². The van der Waals surface area contributed by atoms with Crippen molar-refractivity contribution in [2.24, 2.45) is 0 Å². The number of anilines is 1. The SMILES string of the molecule is CC(C)c1cc(N)c2oc(-c3cccs3)nc2c1. The Morgan fingerprint density at radius 2 is 2.17 bits per heavy atom. The van der Waals surface area contributed by atoms with Crippen LogP contribution in [0.4, 0.5) is 5.69 Å². The maximum atomic E-state index is 6.03. The first-order chi connectivity index (χ1) is 8.65. The monoisotopic (exact) mass is 258 g/mol. The Balaban J connectivity index is 2.20. The Kier molecular flexibility index (Phi) is 2.59. The zero-order valence-corrected chi connectivity index (χ0v) is 11.1. The molecule has 0 spiro atoms. The number of nitrogens with two attached hydrogens (primary N) is 1. The molecule has 18 heavy (non-hydrogen) atoms. The Morgan fingerprint density at radius 3 is 2.83 bits per heavy atom. The number of nitrogen functional groups attached to an aromatic ring is 1. The summed E-state index contributed by atoms with van der Waals surface area (Å²) in [5.41, 5.74) is 9.39. The summed E-state index contributed by atoms with van der Waals surface area (Å²) in [7, 11) is 0. The summed E-state index contributed by atoms with van der Waals surface area (Å²) in [6.45, 7) is 4.28. The van der Waals surface area contributed by atoms with E-state index < -0.39 is 0 Å². The summed E-state index contributed by atoms with van der Waals surface area (Å²) >= 11 is 1.61. The number of hydrogen-bond acceptors (Lipinski definition) is 4. The number of aromatic nitrogens is 1. The molecule has 0 aliphatic heterocycles. The van der Waals surface area contributed by atoms with E-state index in [0.29, 0.717) is 23.1 Å². The smallest absolute Gasteiger partial charge is 0.237 e. The fourth-order valence-electron chi connectivity index (χ4n) is 1.92. The van der Waals surface area contributed by atoms with Gasteiger partial charge in [0, 0.05) is 0 Å². The van der Waals surface area contributed by atoms with Gasteiger partial charge in [-0.2, -0.15) is 0 Å². The van der Waals surface area contributed by atoms with Crippen molar-refractivity contribution in [1.82, 2.24) is 4.98 Å². The fourth-order valence-corrected chi connectivity index (χ4v) is 2.57. The van der Waals surface area contributed by atoms with Gasteiger partial charge in [-0.3, -0.25) is 0 Å². The summed E-state index contributed by atoms with van der Waals surface area (Å²) in [5, 5.41) is 2.01. The van der Waals surface area contributed by atoms with Gasteiger partial charge in [0.1, 0.15) is 5.52 Å². The van der Waals surface area contributed by atoms with Crippen LogP contribution in [0, 0.1) is 0 Å². The number of benzene rings is 1. The topological polar surface area (TPSA) is 52.0 Å². The summed E-state index contributed by atoms with van der Waals surface area (Å²) in [6, 6.07) is 8.00. The van der Waals surface area contributed by atoms with Crippen molar-refractivity contribution in [3.63, 3.8) is 0 Å². The number of hydrogen-bond donors (Lipinski definition) is 1. The molecular formula is C14H14N2OS. The molecular weight excluding hydrogens is 244 g/mol. The number of nitrogens with zero attached hydrogens (tertiary/aromatic N) is 1. The zero-order chi connectivity index (χ0) is 12.7. The van der Waals surface area contributed by atoms with E-state index in [9.17, 15) is 0 Å². The molecule has 0 unspecified atom stereocenters. The molecule has 2 heterocycles. The molecule has 0 fully saturated rings. The first-order valence-electron chi connectivity index (χ1n) is 5.89. The molecule has 3 rings (SSSR count). The average molecular weight is 258 g/mol. The number of thiophene rings is 1. The molecule has 3 aromatic rings. The van der Waals surface area contributed by atoms with Crippen LogP contribution >= 0.6 is 11.3 Å². The van der Waals surface area contributed by atoms with E-state index >= 15 is 0 Å². The second kappa shape index (κ2) is 4.14. The summed E-state index contributed by atoms with van der Waals surface area (Å²) in [4.78, 5) is 5.55. The minimum Gasteiger partial charge on any atom is -0.433 e. The van der Waals surface area contributed by atoms with Crippen LogP contribution in [-0.4, -0.2) is 4.98 Å². The van der Waals surface area contributed by atoms with Gasteiger partial charge in [0.25, 0.3) is 0 Å². The van der Waals surface area contributed by atoms with Crippen LogP contribution in [0.25, 0.3) is 21.9 Å². The molecule has 4 heteroatoms. The van der Waals surface area contributed by atoms with Gasteiger partial charge < -0.3 is 10.2 Å². The van der Waals surface area contributed by atoms with E-state index in [2.05, 4.69) is 24.9 Å². The molecule has 0 radical (unpaired) electrons. The molecule has 3 nitrogen and oxygen atoms in total. The highest BCUT2D eigenvalue weighted by Crippen LogP contribution is 2.32. The van der Waals surface area contributed by atoms with Gasteiger partial charge in [0.15, 0.2) is 5.58 Å². The minimum absolute atomic E-state index is 0.429. The lowest BCUT2D eigenvalue weighted by molar-refractivity contribution is 0.623. The quantitative estimate of drug-likeness (QED) is 0.699. The van der Waals surface area contributed by atoms with Crippen molar-refractivity contribution >= 4 is 28.1 Å². The van der Waals surface area contributed by atoms with Crippen LogP contribution in [0.5, 0.6) is 0 Å². The number of rotatable bonds is 2. The molecule has 2 N–H and O–H groups in total. The molecule has 2 aromatic heterocycles. The van der Waals surface area contributed by atoms with Crippen molar-refractivity contribution in [2.45, 2.75) is 19.8 Å². The van der Waals surface area contributed by atoms with Crippen LogP contribution in [-0.2, 0) is 0 Å². The lowest BCUT2D eigenvalue weighted by Gasteiger charge is -2.05. The number of fused-ring (bicyclic) bond motifs is 1. The normalized spacial score (nSPS) is 11.5. The molecule has 0 amide bonds. The Bertz CT molecular complexity index is 683. The highest BCUT2D eigenvalue weighted by atomic mass is 32.1. The standard InChI is InChI=1S/C14H14N2OS/c1-8(2)9-6-10(15)13-11(7-9)16-14(17-13)12-4-3-5-18-12/h3-8H,15H2,1-2H3. The van der Waals surface area contributed by atoms with Crippen molar-refractivity contribution in [3.8, 4) is 10.8 Å². The lowest BCUT2D eigenvalue weighted by Crippen LogP contribution is -1.92. The average Bonchev–Trinajstić information content (AvgIpc) is 2.96.